The summed E-state index contributed by atoms with van der Waals surface area (Å²) in [6, 6.07) is 7.20. The molecule has 0 bridgehead atoms. The highest BCUT2D eigenvalue weighted by Gasteiger charge is 2.26. The number of methoxy groups -OCH3 is 1. The van der Waals surface area contributed by atoms with E-state index in [4.69, 9.17) is 26.2 Å². The van der Waals surface area contributed by atoms with Crippen LogP contribution in [0, 0.1) is 11.8 Å². The van der Waals surface area contributed by atoms with Crippen LogP contribution < -0.4 is 15.4 Å². The topological polar surface area (TPSA) is 110 Å². The number of amides is 1. The van der Waals surface area contributed by atoms with Gasteiger partial charge in [-0.2, -0.15) is 0 Å². The zero-order valence-electron chi connectivity index (χ0n) is 19.9. The number of benzene rings is 1. The van der Waals surface area contributed by atoms with Crippen LogP contribution >= 0.6 is 27.5 Å². The molecular weight excluding hydrogens is 538 g/mol. The van der Waals surface area contributed by atoms with Crippen LogP contribution in [-0.2, 0) is 9.53 Å². The van der Waals surface area contributed by atoms with Crippen LogP contribution in [0.25, 0.3) is 0 Å². The van der Waals surface area contributed by atoms with Gasteiger partial charge in [0.05, 0.1) is 29.2 Å². The molecule has 1 atom stereocenters. The van der Waals surface area contributed by atoms with E-state index in [0.29, 0.717) is 49.0 Å². The Kier molecular flexibility index (Phi) is 10.2. The van der Waals surface area contributed by atoms with Crippen molar-refractivity contribution in [1.82, 2.24) is 10.3 Å². The minimum atomic E-state index is -0.731. The van der Waals surface area contributed by atoms with E-state index in [9.17, 15) is 9.59 Å². The van der Waals surface area contributed by atoms with Crippen molar-refractivity contribution in [3.8, 4) is 5.75 Å². The number of carbonyl (C=O) groups is 2. The number of hydrogen-bond acceptors (Lipinski definition) is 6. The van der Waals surface area contributed by atoms with Crippen molar-refractivity contribution in [2.45, 2.75) is 38.6 Å². The molecule has 1 unspecified atom stereocenters. The zero-order chi connectivity index (χ0) is 25.4. The molecule has 8 nitrogen and oxygen atoms in total. The average molecular weight is 569 g/mol. The third kappa shape index (κ3) is 7.81. The molecule has 0 saturated heterocycles. The number of carbonyl (C=O) groups excluding carboxylic acids is 1. The molecule has 3 rings (SSSR count). The van der Waals surface area contributed by atoms with Crippen molar-refractivity contribution in [3.63, 3.8) is 0 Å². The van der Waals surface area contributed by atoms with Crippen molar-refractivity contribution < 1.29 is 24.2 Å². The predicted octanol–water partition coefficient (Wildman–Crippen LogP) is 5.32. The van der Waals surface area contributed by atoms with E-state index >= 15 is 0 Å². The lowest BCUT2D eigenvalue weighted by molar-refractivity contribution is -0.143. The van der Waals surface area contributed by atoms with Crippen LogP contribution in [-0.4, -0.2) is 48.8 Å². The summed E-state index contributed by atoms with van der Waals surface area (Å²) in [4.78, 5) is 28.1. The van der Waals surface area contributed by atoms with E-state index in [-0.39, 0.29) is 23.8 Å². The van der Waals surface area contributed by atoms with Crippen LogP contribution in [0.3, 0.4) is 0 Å². The second kappa shape index (κ2) is 13.1. The molecule has 1 fully saturated rings. The van der Waals surface area contributed by atoms with Gasteiger partial charge in [0.2, 0.25) is 0 Å². The number of aliphatic carboxylic acids is 1. The van der Waals surface area contributed by atoms with E-state index in [0.717, 1.165) is 28.6 Å². The van der Waals surface area contributed by atoms with Crippen LogP contribution in [0.5, 0.6) is 5.75 Å². The Morgan fingerprint density at radius 3 is 2.63 bits per heavy atom. The quantitative estimate of drug-likeness (QED) is 0.315. The van der Waals surface area contributed by atoms with Crippen LogP contribution in [0.1, 0.15) is 54.6 Å². The lowest BCUT2D eigenvalue weighted by atomic mass is 9.82. The highest BCUT2D eigenvalue weighted by molar-refractivity contribution is 9.10. The molecule has 1 aliphatic carbocycles. The predicted molar refractivity (Wildman–Crippen MR) is 138 cm³/mol. The summed E-state index contributed by atoms with van der Waals surface area (Å²) in [7, 11) is 1.63. The molecule has 1 aromatic carbocycles. The fourth-order valence-corrected chi connectivity index (χ4v) is 4.73. The minimum absolute atomic E-state index is 0.171. The SMILES string of the molecule is COCCOc1ccc(Br)cc1C(C)Nc1ncc(C(=O)NC[C@H]2CC[C@H](C(=O)O)CC2)cc1Cl. The van der Waals surface area contributed by atoms with Crippen LogP contribution in [0.2, 0.25) is 5.02 Å². The van der Waals surface area contributed by atoms with E-state index in [2.05, 4.69) is 31.5 Å². The van der Waals surface area contributed by atoms with Gasteiger partial charge in [-0.15, -0.1) is 0 Å². The molecule has 10 heteroatoms. The molecule has 1 saturated carbocycles. The van der Waals surface area contributed by atoms with E-state index in [1.54, 1.807) is 13.2 Å². The second-order valence-corrected chi connectivity index (χ2v) is 10.0. The third-order valence-electron chi connectivity index (χ3n) is 6.19. The van der Waals surface area contributed by atoms with Crippen molar-refractivity contribution >= 4 is 45.2 Å². The highest BCUT2D eigenvalue weighted by atomic mass is 79.9. The number of nitrogens with one attached hydrogen (secondary N) is 2. The van der Waals surface area contributed by atoms with Crippen LogP contribution in [0.4, 0.5) is 5.82 Å². The monoisotopic (exact) mass is 567 g/mol. The largest absolute Gasteiger partial charge is 0.491 e. The highest BCUT2D eigenvalue weighted by Crippen LogP contribution is 2.32. The van der Waals surface area contributed by atoms with E-state index < -0.39 is 5.97 Å². The average Bonchev–Trinajstić information content (AvgIpc) is 2.84. The molecule has 1 aliphatic rings. The number of nitrogens with zero attached hydrogens (tertiary/aromatic N) is 1. The van der Waals surface area contributed by atoms with Crippen molar-refractivity contribution in [2.24, 2.45) is 11.8 Å². The number of ether oxygens (including phenoxy) is 2. The molecular formula is C25H31BrClN3O5. The van der Waals surface area contributed by atoms with E-state index in [1.807, 2.05) is 25.1 Å². The Morgan fingerprint density at radius 1 is 1.23 bits per heavy atom. The van der Waals surface area contributed by atoms with Gasteiger partial charge in [0.1, 0.15) is 18.2 Å². The summed E-state index contributed by atoms with van der Waals surface area (Å²) in [5.74, 6) is 0.231. The van der Waals surface area contributed by atoms with E-state index in [1.165, 1.54) is 6.20 Å². The molecule has 0 aliphatic heterocycles. The number of anilines is 1. The van der Waals surface area contributed by atoms with Crippen molar-refractivity contribution in [2.75, 3.05) is 32.2 Å². The molecule has 0 spiro atoms. The number of carboxylic acid groups (broad SMARTS) is 1. The van der Waals surface area contributed by atoms with Gasteiger partial charge < -0.3 is 25.2 Å². The molecule has 2 aromatic rings. The third-order valence-corrected chi connectivity index (χ3v) is 6.97. The van der Waals surface area contributed by atoms with Crippen molar-refractivity contribution in [3.05, 3.63) is 51.1 Å². The maximum atomic E-state index is 12.6. The molecule has 1 amide bonds. The number of rotatable bonds is 11. The first-order chi connectivity index (χ1) is 16.8. The lowest BCUT2D eigenvalue weighted by Gasteiger charge is -2.26. The molecule has 1 aromatic heterocycles. The number of aromatic nitrogens is 1. The van der Waals surface area contributed by atoms with Crippen molar-refractivity contribution in [1.29, 1.82) is 0 Å². The molecule has 35 heavy (non-hydrogen) atoms. The Labute approximate surface area is 218 Å². The normalized spacial score (nSPS) is 18.5. The first-order valence-electron chi connectivity index (χ1n) is 11.6. The Morgan fingerprint density at radius 2 is 1.97 bits per heavy atom. The zero-order valence-corrected chi connectivity index (χ0v) is 22.2. The molecule has 3 N–H and O–H groups in total. The van der Waals surface area contributed by atoms with Gasteiger partial charge in [0.15, 0.2) is 0 Å². The number of halogens is 2. The van der Waals surface area contributed by atoms with Gasteiger partial charge in [-0.05, 0) is 62.8 Å². The van der Waals surface area contributed by atoms with Gasteiger partial charge >= 0.3 is 5.97 Å². The van der Waals surface area contributed by atoms with Gasteiger partial charge in [-0.1, -0.05) is 27.5 Å². The first-order valence-corrected chi connectivity index (χ1v) is 12.8. The number of pyridine rings is 1. The summed E-state index contributed by atoms with van der Waals surface area (Å²) in [5.41, 5.74) is 1.30. The van der Waals surface area contributed by atoms with Gasteiger partial charge in [-0.25, -0.2) is 4.98 Å². The lowest BCUT2D eigenvalue weighted by Crippen LogP contribution is -2.32. The molecule has 1 heterocycles. The molecule has 190 valence electrons. The Balaban J connectivity index is 1.59. The summed E-state index contributed by atoms with van der Waals surface area (Å²) in [6.45, 7) is 3.40. The molecule has 0 radical (unpaired) electrons. The summed E-state index contributed by atoms with van der Waals surface area (Å²) < 4.78 is 11.8. The maximum absolute atomic E-state index is 12.6. The summed E-state index contributed by atoms with van der Waals surface area (Å²) >= 11 is 9.96. The van der Waals surface area contributed by atoms with Gasteiger partial charge in [0.25, 0.3) is 5.91 Å². The number of carboxylic acids is 1. The fraction of sp³-hybridized carbons (Fsp3) is 0.480. The van der Waals surface area contributed by atoms with Gasteiger partial charge in [-0.3, -0.25) is 9.59 Å². The smallest absolute Gasteiger partial charge is 0.306 e. The maximum Gasteiger partial charge on any atom is 0.306 e. The first kappa shape index (κ1) is 27.2. The Hall–Kier alpha value is -2.36. The minimum Gasteiger partial charge on any atom is -0.491 e. The fourth-order valence-electron chi connectivity index (χ4n) is 4.13. The van der Waals surface area contributed by atoms with Gasteiger partial charge in [0, 0.05) is 29.9 Å². The summed E-state index contributed by atoms with van der Waals surface area (Å²) in [5, 5.41) is 15.7. The Bertz CT molecular complexity index is 1030. The number of hydrogen-bond donors (Lipinski definition) is 3. The second-order valence-electron chi connectivity index (χ2n) is 8.71. The summed E-state index contributed by atoms with van der Waals surface area (Å²) in [6.07, 6.45) is 4.39. The standard InChI is InChI=1S/C25H31BrClN3O5/c1-15(20-12-19(26)7-8-22(20)35-10-9-34-2)30-23-21(27)11-18(14-28-23)24(31)29-13-16-3-5-17(6-4-16)25(32)33/h7-8,11-12,14-17H,3-6,9-10,13H2,1-2H3,(H,28,30)(H,29,31)(H,32,33)/t15?,16-,17-. The van der Waals surface area contributed by atoms with Crippen LogP contribution in [0.15, 0.2) is 34.9 Å².